The second kappa shape index (κ2) is 5.15. The van der Waals surface area contributed by atoms with Crippen LogP contribution in [0.1, 0.15) is 5.56 Å². The van der Waals surface area contributed by atoms with E-state index in [4.69, 9.17) is 0 Å². The molecule has 0 unspecified atom stereocenters. The van der Waals surface area contributed by atoms with Gasteiger partial charge in [0.05, 0.1) is 0 Å². The molecular formula is C13H11BrMg. The maximum Gasteiger partial charge on any atom is 0.506 e. The molecule has 0 saturated heterocycles. The van der Waals surface area contributed by atoms with E-state index in [1.165, 1.54) is 20.4 Å². The van der Waals surface area contributed by atoms with E-state index < -0.39 is 0 Å². The van der Waals surface area contributed by atoms with Gasteiger partial charge in [-0.15, -0.1) is 0 Å². The summed E-state index contributed by atoms with van der Waals surface area (Å²) in [6.45, 7) is 2.18. The highest BCUT2D eigenvalue weighted by molar-refractivity contribution is 9.23. The van der Waals surface area contributed by atoms with E-state index in [2.05, 4.69) is 68.3 Å². The van der Waals surface area contributed by atoms with E-state index in [1.807, 2.05) is 0 Å². The Bertz CT molecular complexity index is 451. The van der Waals surface area contributed by atoms with Crippen LogP contribution in [0.5, 0.6) is 0 Å². The molecule has 0 N–H and O–H groups in total. The van der Waals surface area contributed by atoms with Crippen LogP contribution in [0.2, 0.25) is 0 Å². The zero-order valence-electron chi connectivity index (χ0n) is 8.70. The number of rotatable bonds is 2. The Kier molecular flexibility index (Phi) is 3.84. The van der Waals surface area contributed by atoms with Crippen LogP contribution in [0.3, 0.4) is 0 Å². The van der Waals surface area contributed by atoms with Gasteiger partial charge < -0.3 is 0 Å². The summed E-state index contributed by atoms with van der Waals surface area (Å²) in [5.41, 5.74) is 4.01. The Morgan fingerprint density at radius 1 is 1.00 bits per heavy atom. The smallest absolute Gasteiger partial charge is 0.296 e. The second-order valence-corrected chi connectivity index (χ2v) is 6.41. The van der Waals surface area contributed by atoms with Crippen LogP contribution in [0.25, 0.3) is 11.1 Å². The molecule has 0 aromatic heterocycles. The average Bonchev–Trinajstić information content (AvgIpc) is 2.30. The molecule has 2 heteroatoms. The molecule has 0 fully saturated rings. The van der Waals surface area contributed by atoms with Crippen molar-refractivity contribution in [2.24, 2.45) is 0 Å². The molecule has 2 rings (SSSR count). The maximum atomic E-state index is 3.61. The number of aryl methyl sites for hydroxylation is 1. The summed E-state index contributed by atoms with van der Waals surface area (Å²) in [6, 6.07) is 17.3. The van der Waals surface area contributed by atoms with Crippen molar-refractivity contribution in [2.45, 2.75) is 6.92 Å². The summed E-state index contributed by atoms with van der Waals surface area (Å²) in [7, 11) is 0. The summed E-state index contributed by atoms with van der Waals surface area (Å²) in [5.74, 6) is 0. The van der Waals surface area contributed by atoms with Gasteiger partial charge in [0.1, 0.15) is 0 Å². The van der Waals surface area contributed by atoms with Gasteiger partial charge in [-0.3, -0.25) is 12.9 Å². The molecule has 0 spiro atoms. The molecule has 0 atom stereocenters. The van der Waals surface area contributed by atoms with E-state index in [1.54, 1.807) is 0 Å². The third-order valence-electron chi connectivity index (χ3n) is 2.53. The maximum absolute atomic E-state index is 3.61. The highest BCUT2D eigenvalue weighted by Gasteiger charge is 2.02. The Balaban J connectivity index is 2.46. The fourth-order valence-electron chi connectivity index (χ4n) is 1.75. The summed E-state index contributed by atoms with van der Waals surface area (Å²) >= 11 is 3.40. The van der Waals surface area contributed by atoms with Gasteiger partial charge in [0.25, 0.3) is 0 Å². The lowest BCUT2D eigenvalue weighted by atomic mass is 10.0. The minimum atomic E-state index is -0.213. The molecule has 2 aromatic carbocycles. The van der Waals surface area contributed by atoms with Gasteiger partial charge in [-0.2, -0.15) is 3.69 Å². The number of halogens is 1. The molecule has 72 valence electrons. The van der Waals surface area contributed by atoms with Crippen LogP contribution in [-0.2, 0) is 0 Å². The van der Waals surface area contributed by atoms with Gasteiger partial charge in [0.2, 0.25) is 0 Å². The van der Waals surface area contributed by atoms with Gasteiger partial charge in [0.15, 0.2) is 0 Å². The number of hydrogen-bond donors (Lipinski definition) is 0. The molecule has 2 aromatic rings. The molecule has 0 nitrogen and oxygen atoms in total. The van der Waals surface area contributed by atoms with Crippen molar-refractivity contribution >= 4 is 34.8 Å². The van der Waals surface area contributed by atoms with Crippen molar-refractivity contribution in [1.82, 2.24) is 0 Å². The highest BCUT2D eigenvalue weighted by Crippen LogP contribution is 2.21. The first kappa shape index (κ1) is 11.2. The van der Waals surface area contributed by atoms with E-state index in [-0.39, 0.29) is 18.2 Å². The summed E-state index contributed by atoms with van der Waals surface area (Å²) in [4.78, 5) is 0. The van der Waals surface area contributed by atoms with E-state index in [9.17, 15) is 0 Å². The average molecular weight is 271 g/mol. The predicted molar refractivity (Wildman–Crippen MR) is 70.9 cm³/mol. The van der Waals surface area contributed by atoms with E-state index in [0.29, 0.717) is 0 Å². The lowest BCUT2D eigenvalue weighted by Crippen LogP contribution is -2.08. The Morgan fingerprint density at radius 3 is 2.33 bits per heavy atom. The SMILES string of the molecule is Cc1c[c]([Mg][Br])ccc1-c1ccccc1. The lowest BCUT2D eigenvalue weighted by Gasteiger charge is -2.07. The van der Waals surface area contributed by atoms with Crippen LogP contribution in [0, 0.1) is 6.92 Å². The van der Waals surface area contributed by atoms with Crippen molar-refractivity contribution < 1.29 is 0 Å². The van der Waals surface area contributed by atoms with Crippen molar-refractivity contribution in [3.63, 3.8) is 0 Å². The Hall–Kier alpha value is -0.314. The normalized spacial score (nSPS) is 9.73. The van der Waals surface area contributed by atoms with Crippen molar-refractivity contribution in [3.05, 3.63) is 54.1 Å². The molecule has 0 aliphatic rings. The van der Waals surface area contributed by atoms with Crippen molar-refractivity contribution in [1.29, 1.82) is 0 Å². The van der Waals surface area contributed by atoms with Crippen molar-refractivity contribution in [3.8, 4) is 11.1 Å². The molecule has 0 bridgehead atoms. The molecule has 0 aliphatic carbocycles. The second-order valence-electron chi connectivity index (χ2n) is 3.65. The van der Waals surface area contributed by atoms with Gasteiger partial charge in [-0.25, -0.2) is 0 Å². The van der Waals surface area contributed by atoms with Gasteiger partial charge in [-0.05, 0) is 23.6 Å². The van der Waals surface area contributed by atoms with Crippen LogP contribution in [0.4, 0.5) is 0 Å². The topological polar surface area (TPSA) is 0 Å². The fourth-order valence-corrected chi connectivity index (χ4v) is 3.39. The van der Waals surface area contributed by atoms with Crippen LogP contribution in [0.15, 0.2) is 48.5 Å². The molecule has 0 radical (unpaired) electrons. The quantitative estimate of drug-likeness (QED) is 0.735. The molecule has 0 saturated carbocycles. The largest absolute Gasteiger partial charge is 0.506 e. The molecule has 0 amide bonds. The number of hydrogen-bond acceptors (Lipinski definition) is 0. The van der Waals surface area contributed by atoms with Gasteiger partial charge in [-0.1, -0.05) is 48.5 Å². The highest BCUT2D eigenvalue weighted by atomic mass is 79.9. The predicted octanol–water partition coefficient (Wildman–Crippen LogP) is 3.30. The van der Waals surface area contributed by atoms with Crippen LogP contribution < -0.4 is 3.69 Å². The van der Waals surface area contributed by atoms with Crippen molar-refractivity contribution in [2.75, 3.05) is 0 Å². The Labute approximate surface area is 106 Å². The van der Waals surface area contributed by atoms with E-state index >= 15 is 0 Å². The third-order valence-corrected chi connectivity index (χ3v) is 5.22. The molecule has 15 heavy (non-hydrogen) atoms. The zero-order chi connectivity index (χ0) is 10.7. The minimum Gasteiger partial charge on any atom is -0.296 e. The van der Waals surface area contributed by atoms with Crippen LogP contribution in [-0.4, -0.2) is 18.2 Å². The summed E-state index contributed by atoms with van der Waals surface area (Å²) in [6.07, 6.45) is 0. The first-order chi connectivity index (χ1) is 7.31. The zero-order valence-corrected chi connectivity index (χ0v) is 11.7. The third kappa shape index (κ3) is 2.62. The first-order valence-corrected chi connectivity index (χ1v) is 9.63. The standard InChI is InChI=1S/C13H11.BrH.Mg/c1-11-7-5-6-10-13(11)12-8-3-2-4-9-12;;/h2-4,6-10H,1H3;1H;/q;;+1/p-1. The monoisotopic (exact) mass is 270 g/mol. The summed E-state index contributed by atoms with van der Waals surface area (Å²) in [5, 5.41) is 0. The Morgan fingerprint density at radius 2 is 1.73 bits per heavy atom. The fraction of sp³-hybridized carbons (Fsp3) is 0.0769. The molecule has 0 heterocycles. The van der Waals surface area contributed by atoms with Gasteiger partial charge in [0, 0.05) is 0 Å². The molecule has 0 aliphatic heterocycles. The lowest BCUT2D eigenvalue weighted by molar-refractivity contribution is 1.47. The minimum absolute atomic E-state index is 0.213. The van der Waals surface area contributed by atoms with Gasteiger partial charge >= 0.3 is 18.2 Å². The summed E-state index contributed by atoms with van der Waals surface area (Å²) < 4.78 is 1.46. The molecular weight excluding hydrogens is 260 g/mol. The number of benzene rings is 2. The van der Waals surface area contributed by atoms with Crippen LogP contribution >= 0.6 is 12.9 Å². The van der Waals surface area contributed by atoms with E-state index in [0.717, 1.165) is 0 Å². The first-order valence-electron chi connectivity index (χ1n) is 5.02.